The molecule has 0 saturated carbocycles. The van der Waals surface area contributed by atoms with Crippen LogP contribution in [-0.4, -0.2) is 28.2 Å². The van der Waals surface area contributed by atoms with Crippen molar-refractivity contribution >= 4 is 33.5 Å². The highest BCUT2D eigenvalue weighted by Gasteiger charge is 2.31. The first-order chi connectivity index (χ1) is 15.2. The van der Waals surface area contributed by atoms with Gasteiger partial charge in [0.1, 0.15) is 11.6 Å². The van der Waals surface area contributed by atoms with Gasteiger partial charge in [-0.25, -0.2) is 4.79 Å². The van der Waals surface area contributed by atoms with E-state index < -0.39 is 23.5 Å². The first-order valence-corrected chi connectivity index (χ1v) is 10.2. The number of carboxylic acid groups (broad SMARTS) is 2. The second kappa shape index (κ2) is 9.60. The van der Waals surface area contributed by atoms with E-state index in [9.17, 15) is 9.59 Å². The molecular weight excluding hydrogens is 404 g/mol. The molecule has 4 rings (SSSR count). The van der Waals surface area contributed by atoms with Gasteiger partial charge in [0, 0.05) is 0 Å². The van der Waals surface area contributed by atoms with Crippen LogP contribution in [0.25, 0.3) is 21.5 Å². The number of nitrogens with two attached hydrogens (primary N) is 2. The van der Waals surface area contributed by atoms with Crippen LogP contribution in [-0.2, 0) is 21.5 Å². The number of fused-ring (bicyclic) bond motifs is 2. The van der Waals surface area contributed by atoms with Crippen LogP contribution in [0.3, 0.4) is 0 Å². The van der Waals surface area contributed by atoms with Crippen molar-refractivity contribution in [2.24, 2.45) is 11.5 Å². The average Bonchev–Trinajstić information content (AvgIpc) is 2.78. The van der Waals surface area contributed by atoms with Gasteiger partial charge in [-0.1, -0.05) is 84.9 Å². The lowest BCUT2D eigenvalue weighted by Crippen LogP contribution is -2.41. The minimum atomic E-state index is -1.36. The molecule has 0 fully saturated rings. The Morgan fingerprint density at radius 1 is 0.844 bits per heavy atom. The maximum atomic E-state index is 11.1. The molecule has 164 valence electrons. The van der Waals surface area contributed by atoms with Gasteiger partial charge in [0.25, 0.3) is 0 Å². The van der Waals surface area contributed by atoms with Gasteiger partial charge in [-0.2, -0.15) is 0 Å². The molecule has 0 aliphatic heterocycles. The summed E-state index contributed by atoms with van der Waals surface area (Å²) in [7, 11) is 0. The zero-order valence-electron chi connectivity index (χ0n) is 17.7. The van der Waals surface area contributed by atoms with Crippen molar-refractivity contribution in [1.29, 1.82) is 0 Å². The van der Waals surface area contributed by atoms with Crippen LogP contribution in [0.1, 0.15) is 18.1 Å². The molecule has 6 nitrogen and oxygen atoms in total. The number of benzene rings is 4. The van der Waals surface area contributed by atoms with E-state index in [1.54, 1.807) is 6.07 Å². The standard InChI is InChI=1S/2C13H13NO2/c1-13(14,12(15)16)11-8-4-6-9-5-2-3-7-10(9)11;14-12(13(15)16)8-9-5-6-10-3-1-2-4-11(10)7-9/h2-8H,14H2,1H3,(H,15,16);1-7,12H,8,14H2,(H,15,16)/t13-;12-/m10/s1. The topological polar surface area (TPSA) is 127 Å². The number of carboxylic acids is 2. The van der Waals surface area contributed by atoms with Gasteiger partial charge in [0.15, 0.2) is 0 Å². The summed E-state index contributed by atoms with van der Waals surface area (Å²) >= 11 is 0. The van der Waals surface area contributed by atoms with E-state index in [2.05, 4.69) is 0 Å². The average molecular weight is 431 g/mol. The molecule has 2 atom stereocenters. The summed E-state index contributed by atoms with van der Waals surface area (Å²) in [5.74, 6) is -1.99. The lowest BCUT2D eigenvalue weighted by atomic mass is 9.89. The Balaban J connectivity index is 0.000000181. The van der Waals surface area contributed by atoms with Gasteiger partial charge < -0.3 is 21.7 Å². The van der Waals surface area contributed by atoms with Crippen LogP contribution < -0.4 is 11.5 Å². The summed E-state index contributed by atoms with van der Waals surface area (Å²) in [5.41, 5.74) is 11.6. The molecule has 0 heterocycles. The van der Waals surface area contributed by atoms with Gasteiger partial charge in [0.05, 0.1) is 0 Å². The van der Waals surface area contributed by atoms with Gasteiger partial charge >= 0.3 is 11.9 Å². The van der Waals surface area contributed by atoms with E-state index in [0.29, 0.717) is 12.0 Å². The van der Waals surface area contributed by atoms with E-state index in [-0.39, 0.29) is 0 Å². The van der Waals surface area contributed by atoms with Crippen molar-refractivity contribution in [2.75, 3.05) is 0 Å². The van der Waals surface area contributed by atoms with Crippen LogP contribution in [0.15, 0.2) is 84.9 Å². The predicted molar refractivity (Wildman–Crippen MR) is 126 cm³/mol. The first kappa shape index (κ1) is 22.9. The monoisotopic (exact) mass is 430 g/mol. The molecule has 0 aliphatic rings. The van der Waals surface area contributed by atoms with Crippen molar-refractivity contribution in [3.05, 3.63) is 96.1 Å². The molecule has 4 aromatic carbocycles. The normalized spacial score (nSPS) is 13.6. The van der Waals surface area contributed by atoms with E-state index in [1.807, 2.05) is 78.9 Å². The second-order valence-corrected chi connectivity index (χ2v) is 7.86. The highest BCUT2D eigenvalue weighted by molar-refractivity contribution is 5.92. The summed E-state index contributed by atoms with van der Waals surface area (Å²) in [4.78, 5) is 21.8. The fraction of sp³-hybridized carbons (Fsp3) is 0.154. The summed E-state index contributed by atoms with van der Waals surface area (Å²) in [5, 5.41) is 22.0. The third-order valence-corrected chi connectivity index (χ3v) is 5.38. The summed E-state index contributed by atoms with van der Waals surface area (Å²) in [6.45, 7) is 1.51. The van der Waals surface area contributed by atoms with Gasteiger partial charge in [-0.3, -0.25) is 4.79 Å². The Morgan fingerprint density at radius 3 is 2.09 bits per heavy atom. The summed E-state index contributed by atoms with van der Waals surface area (Å²) in [6, 6.07) is 26.2. The maximum Gasteiger partial charge on any atom is 0.328 e. The number of carbonyl (C=O) groups is 2. The zero-order chi connectivity index (χ0) is 23.3. The van der Waals surface area contributed by atoms with Crippen molar-refractivity contribution in [3.63, 3.8) is 0 Å². The SMILES string of the molecule is C[C@](N)(C(=O)O)c1cccc2ccccc12.N[C@@H](Cc1ccc2ccccc2c1)C(=O)O. The molecule has 32 heavy (non-hydrogen) atoms. The molecule has 0 amide bonds. The van der Waals surface area contributed by atoms with E-state index in [4.69, 9.17) is 21.7 Å². The second-order valence-electron chi connectivity index (χ2n) is 7.86. The van der Waals surface area contributed by atoms with Crippen LogP contribution in [0.2, 0.25) is 0 Å². The van der Waals surface area contributed by atoms with Crippen LogP contribution >= 0.6 is 0 Å². The van der Waals surface area contributed by atoms with E-state index >= 15 is 0 Å². The van der Waals surface area contributed by atoms with Crippen LogP contribution in [0.5, 0.6) is 0 Å². The van der Waals surface area contributed by atoms with Crippen molar-refractivity contribution in [3.8, 4) is 0 Å². The van der Waals surface area contributed by atoms with Crippen molar-refractivity contribution < 1.29 is 19.8 Å². The molecule has 4 aromatic rings. The first-order valence-electron chi connectivity index (χ1n) is 10.2. The molecule has 0 bridgehead atoms. The van der Waals surface area contributed by atoms with Crippen molar-refractivity contribution in [2.45, 2.75) is 24.9 Å². The number of aliphatic carboxylic acids is 2. The van der Waals surface area contributed by atoms with Crippen LogP contribution in [0.4, 0.5) is 0 Å². The number of rotatable bonds is 5. The van der Waals surface area contributed by atoms with E-state index in [0.717, 1.165) is 27.1 Å². The highest BCUT2D eigenvalue weighted by atomic mass is 16.4. The molecule has 0 unspecified atom stereocenters. The fourth-order valence-electron chi connectivity index (χ4n) is 3.50. The van der Waals surface area contributed by atoms with Gasteiger partial charge in [0.2, 0.25) is 0 Å². The fourth-order valence-corrected chi connectivity index (χ4v) is 3.50. The Kier molecular flexibility index (Phi) is 6.88. The lowest BCUT2D eigenvalue weighted by Gasteiger charge is -2.21. The van der Waals surface area contributed by atoms with Crippen molar-refractivity contribution in [1.82, 2.24) is 0 Å². The Hall–Kier alpha value is -3.74. The minimum absolute atomic E-state index is 0.361. The molecule has 0 saturated heterocycles. The molecule has 0 radical (unpaired) electrons. The quantitative estimate of drug-likeness (QED) is 0.380. The molecule has 0 aromatic heterocycles. The van der Waals surface area contributed by atoms with E-state index in [1.165, 1.54) is 6.92 Å². The Bertz CT molecular complexity index is 1260. The lowest BCUT2D eigenvalue weighted by molar-refractivity contribution is -0.143. The smallest absolute Gasteiger partial charge is 0.328 e. The number of hydrogen-bond acceptors (Lipinski definition) is 4. The van der Waals surface area contributed by atoms with Gasteiger partial charge in [-0.15, -0.1) is 0 Å². The third-order valence-electron chi connectivity index (χ3n) is 5.38. The molecular formula is C26H26N2O4. The molecule has 6 N–H and O–H groups in total. The maximum absolute atomic E-state index is 11.1. The largest absolute Gasteiger partial charge is 0.480 e. The molecule has 6 heteroatoms. The third kappa shape index (κ3) is 5.11. The summed E-state index contributed by atoms with van der Waals surface area (Å²) < 4.78 is 0. The van der Waals surface area contributed by atoms with Gasteiger partial charge in [-0.05, 0) is 46.0 Å². The minimum Gasteiger partial charge on any atom is -0.480 e. The Morgan fingerprint density at radius 2 is 1.44 bits per heavy atom. The summed E-state index contributed by atoms with van der Waals surface area (Å²) in [6.07, 6.45) is 0.361. The Labute approximate surface area is 186 Å². The van der Waals surface area contributed by atoms with Crippen LogP contribution in [0, 0.1) is 0 Å². The molecule has 0 spiro atoms. The predicted octanol–water partition coefficient (Wildman–Crippen LogP) is 3.89. The number of hydrogen-bond donors (Lipinski definition) is 4. The highest BCUT2D eigenvalue weighted by Crippen LogP contribution is 2.27. The zero-order valence-corrected chi connectivity index (χ0v) is 17.7. The molecule has 0 aliphatic carbocycles.